The molecule has 0 bridgehead atoms. The molecule has 0 aliphatic carbocycles. The van der Waals surface area contributed by atoms with Crippen LogP contribution in [0.2, 0.25) is 0 Å². The predicted molar refractivity (Wildman–Crippen MR) is 163 cm³/mol. The van der Waals surface area contributed by atoms with E-state index < -0.39 is 82.2 Å². The Morgan fingerprint density at radius 3 is 1.63 bits per heavy atom. The average Bonchev–Trinajstić information content (AvgIpc) is 3.05. The van der Waals surface area contributed by atoms with Crippen LogP contribution in [-0.2, 0) is 67.5 Å². The molecular weight excluding hydrogens is 694 g/mol. The molecule has 0 fully saturated rings. The minimum atomic E-state index is -4.56. The highest BCUT2D eigenvalue weighted by Crippen LogP contribution is 2.50. The van der Waals surface area contributed by atoms with Gasteiger partial charge in [0.15, 0.2) is 12.2 Å². The summed E-state index contributed by atoms with van der Waals surface area (Å²) in [7, 11) is 2.85. The summed E-state index contributed by atoms with van der Waals surface area (Å²) in [5, 5.41) is 18.4. The van der Waals surface area contributed by atoms with Gasteiger partial charge in [0.05, 0.1) is 46.3 Å². The summed E-state index contributed by atoms with van der Waals surface area (Å²) in [5.41, 5.74) is -2.38. The lowest BCUT2D eigenvalue weighted by Crippen LogP contribution is -2.43. The first kappa shape index (κ1) is 48.1. The minimum Gasteiger partial charge on any atom is -0.426 e. The molecule has 0 unspecified atom stereocenters. The Hall–Kier alpha value is -3.02. The number of aromatic amines is 1. The molecule has 3 N–H and O–H groups in total. The van der Waals surface area contributed by atoms with E-state index in [0.717, 1.165) is 10.6 Å². The molecule has 0 spiro atoms. The smallest absolute Gasteiger partial charge is 0.426 e. The highest BCUT2D eigenvalue weighted by atomic mass is 31.2. The van der Waals surface area contributed by atoms with Gasteiger partial charge in [0.2, 0.25) is 13.6 Å². The highest BCUT2D eigenvalue weighted by molar-refractivity contribution is 7.48. The van der Waals surface area contributed by atoms with Gasteiger partial charge < -0.3 is 52.8 Å². The number of alkyl halides is 1. The zero-order valence-corrected chi connectivity index (χ0v) is 29.5. The predicted octanol–water partition coefficient (Wildman–Crippen LogP) is 0.547. The fourth-order valence-electron chi connectivity index (χ4n) is 2.82. The number of phosphoric acid groups is 1. The van der Waals surface area contributed by atoms with Crippen molar-refractivity contribution in [2.45, 2.75) is 44.5 Å². The standard InChI is InChI=1S/C20H39O16P.C5H6N2O3.CH3F/c1-15(21)20(2,29-7)12-32-37(24,33-13-30-18(22)35-16(8-25-3)9-26-4)34-14-31-19(23)36-17(10-27-5)11-28-6;8-3-7-2-1-4(9)6-5(7)10;1-2/h15-17,21H,8-14H2,1-7H3;1-2,8H,3H2,(H,6,9,10);1H3/t15-,20+;;/m0../s1. The van der Waals surface area contributed by atoms with Crippen LogP contribution in [0.4, 0.5) is 14.0 Å². The van der Waals surface area contributed by atoms with Gasteiger partial charge in [-0.25, -0.2) is 28.0 Å². The molecule has 2 atom stereocenters. The zero-order valence-electron chi connectivity index (χ0n) is 28.7. The average molecular weight is 743 g/mol. The molecule has 0 saturated heterocycles. The molecule has 1 heterocycles. The number of carbonyl (C=O) groups is 2. The number of aliphatic hydroxyl groups is 2. The number of hydrogen-bond donors (Lipinski definition) is 3. The molecule has 0 amide bonds. The molecule has 0 radical (unpaired) electrons. The second-order valence-electron chi connectivity index (χ2n) is 9.22. The molecule has 49 heavy (non-hydrogen) atoms. The van der Waals surface area contributed by atoms with Crippen molar-refractivity contribution in [2.75, 3.05) is 89.3 Å². The van der Waals surface area contributed by atoms with Crippen molar-refractivity contribution in [2.24, 2.45) is 0 Å². The quantitative estimate of drug-likeness (QED) is 0.0832. The van der Waals surface area contributed by atoms with E-state index in [0.29, 0.717) is 7.18 Å². The zero-order chi connectivity index (χ0) is 37.9. The Bertz CT molecular complexity index is 1130. The molecule has 1 rings (SSSR count). The lowest BCUT2D eigenvalue weighted by molar-refractivity contribution is -0.116. The summed E-state index contributed by atoms with van der Waals surface area (Å²) in [6.45, 7) is 0.255. The van der Waals surface area contributed by atoms with Gasteiger partial charge in [-0.05, 0) is 13.8 Å². The lowest BCUT2D eigenvalue weighted by Gasteiger charge is -2.31. The van der Waals surface area contributed by atoms with Crippen LogP contribution in [0.1, 0.15) is 13.8 Å². The number of nitrogens with one attached hydrogen (secondary N) is 1. The van der Waals surface area contributed by atoms with Gasteiger partial charge in [0.25, 0.3) is 5.56 Å². The van der Waals surface area contributed by atoms with E-state index in [1.165, 1.54) is 55.6 Å². The molecule has 1 aromatic heterocycles. The molecule has 21 nitrogen and oxygen atoms in total. The number of phosphoric ester groups is 1. The number of H-pyrrole nitrogens is 1. The Balaban J connectivity index is 0. The maximum absolute atomic E-state index is 13.1. The van der Waals surface area contributed by atoms with E-state index in [9.17, 15) is 33.2 Å². The maximum Gasteiger partial charge on any atom is 0.510 e. The maximum atomic E-state index is 13.1. The van der Waals surface area contributed by atoms with E-state index >= 15 is 0 Å². The van der Waals surface area contributed by atoms with Crippen molar-refractivity contribution in [1.82, 2.24) is 9.55 Å². The monoisotopic (exact) mass is 742 g/mol. The topological polar surface area (TPSA) is 257 Å². The number of methoxy groups -OCH3 is 5. The number of hydrogen-bond acceptors (Lipinski definition) is 19. The molecule has 0 saturated carbocycles. The first-order chi connectivity index (χ1) is 23.2. The van der Waals surface area contributed by atoms with Crippen LogP contribution in [0, 0.1) is 0 Å². The third kappa shape index (κ3) is 21.6. The number of nitrogens with zero attached hydrogens (tertiary/aromatic N) is 1. The van der Waals surface area contributed by atoms with Gasteiger partial charge in [-0.1, -0.05) is 0 Å². The lowest BCUT2D eigenvalue weighted by atomic mass is 10.0. The second kappa shape index (κ2) is 27.8. The van der Waals surface area contributed by atoms with Gasteiger partial charge in [0, 0.05) is 47.8 Å². The van der Waals surface area contributed by atoms with E-state index in [1.807, 2.05) is 4.98 Å². The number of rotatable bonds is 22. The molecular formula is C26H48FN2O19P. The van der Waals surface area contributed by atoms with Crippen molar-refractivity contribution in [3.05, 3.63) is 33.1 Å². The van der Waals surface area contributed by atoms with Gasteiger partial charge in [-0.2, -0.15) is 0 Å². The van der Waals surface area contributed by atoms with Crippen LogP contribution in [-0.4, -0.2) is 145 Å². The largest absolute Gasteiger partial charge is 0.510 e. The van der Waals surface area contributed by atoms with Gasteiger partial charge in [-0.15, -0.1) is 0 Å². The molecule has 23 heteroatoms. The summed E-state index contributed by atoms with van der Waals surface area (Å²) in [6, 6.07) is 1.16. The minimum absolute atomic E-state index is 0.0342. The summed E-state index contributed by atoms with van der Waals surface area (Å²) >= 11 is 0. The molecule has 1 aromatic rings. The van der Waals surface area contributed by atoms with E-state index in [-0.39, 0.29) is 26.4 Å². The Morgan fingerprint density at radius 1 is 0.878 bits per heavy atom. The van der Waals surface area contributed by atoms with Crippen LogP contribution >= 0.6 is 7.82 Å². The fourth-order valence-corrected chi connectivity index (χ4v) is 3.82. The number of aromatic nitrogens is 2. The van der Waals surface area contributed by atoms with Crippen molar-refractivity contribution in [3.63, 3.8) is 0 Å². The van der Waals surface area contributed by atoms with Crippen molar-refractivity contribution in [3.8, 4) is 0 Å². The molecule has 288 valence electrons. The van der Waals surface area contributed by atoms with Crippen LogP contribution in [0.5, 0.6) is 0 Å². The third-order valence-electron chi connectivity index (χ3n) is 5.62. The summed E-state index contributed by atoms with van der Waals surface area (Å²) < 4.78 is 82.9. The van der Waals surface area contributed by atoms with E-state index in [4.69, 9.17) is 61.3 Å². The van der Waals surface area contributed by atoms with Gasteiger partial charge in [0.1, 0.15) is 12.3 Å². The Labute approximate surface area is 281 Å². The summed E-state index contributed by atoms with van der Waals surface area (Å²) in [6.07, 6.45) is -3.73. The molecule has 0 aliphatic rings. The molecule has 0 aliphatic heterocycles. The van der Waals surface area contributed by atoms with E-state index in [1.54, 1.807) is 0 Å². The third-order valence-corrected chi connectivity index (χ3v) is 6.91. The van der Waals surface area contributed by atoms with Crippen LogP contribution in [0.25, 0.3) is 0 Å². The van der Waals surface area contributed by atoms with Crippen molar-refractivity contribution < 1.29 is 85.0 Å². The number of carbonyl (C=O) groups excluding carboxylic acids is 2. The SMILES string of the molecule is CF.COCC(COC)OC(=O)OCOP(=O)(OCOC(=O)OC(COC)COC)OC[C@@](C)(OC)[C@H](C)O.O=c1ccn(CO)c(=O)[nH]1. The van der Waals surface area contributed by atoms with Crippen LogP contribution in [0.3, 0.4) is 0 Å². The van der Waals surface area contributed by atoms with Crippen LogP contribution in [0.15, 0.2) is 21.9 Å². The molecule has 0 aromatic carbocycles. The van der Waals surface area contributed by atoms with Crippen molar-refractivity contribution in [1.29, 1.82) is 0 Å². The normalized spacial score (nSPS) is 12.9. The highest BCUT2D eigenvalue weighted by Gasteiger charge is 2.37. The Morgan fingerprint density at radius 2 is 1.31 bits per heavy atom. The fraction of sp³-hybridized carbons (Fsp3) is 0.769. The van der Waals surface area contributed by atoms with Gasteiger partial charge in [-0.3, -0.25) is 23.3 Å². The second-order valence-corrected chi connectivity index (χ2v) is 10.9. The Kier molecular flexibility index (Phi) is 27.2. The summed E-state index contributed by atoms with van der Waals surface area (Å²) in [5.74, 6) is 0. The van der Waals surface area contributed by atoms with E-state index in [2.05, 4.69) is 0 Å². The van der Waals surface area contributed by atoms with Gasteiger partial charge >= 0.3 is 25.8 Å². The first-order valence-corrected chi connectivity index (χ1v) is 15.4. The number of aliphatic hydroxyl groups excluding tert-OH is 2. The van der Waals surface area contributed by atoms with Crippen molar-refractivity contribution >= 4 is 20.1 Å². The summed E-state index contributed by atoms with van der Waals surface area (Å²) in [4.78, 5) is 46.8. The number of halogens is 1. The number of ether oxygens (including phenoxy) is 9. The first-order valence-electron chi connectivity index (χ1n) is 13.9. The van der Waals surface area contributed by atoms with Crippen LogP contribution < -0.4 is 11.2 Å².